The number of carboxylic acid groups (broad SMARTS) is 1. The number of anilines is 1. The number of sulfonamides is 1. The van der Waals surface area contributed by atoms with Gasteiger partial charge in [0.25, 0.3) is 10.0 Å². The average molecular weight is 425 g/mol. The molecule has 1 amide bonds. The molecule has 3 aromatic rings. The van der Waals surface area contributed by atoms with Gasteiger partial charge in [-0.05, 0) is 36.4 Å². The zero-order chi connectivity index (χ0) is 20.3. The van der Waals surface area contributed by atoms with Crippen molar-refractivity contribution < 1.29 is 31.9 Å². The number of benzene rings is 1. The van der Waals surface area contributed by atoms with E-state index in [2.05, 4.69) is 5.32 Å². The van der Waals surface area contributed by atoms with Crippen molar-refractivity contribution in [3.05, 3.63) is 71.0 Å². The van der Waals surface area contributed by atoms with E-state index in [4.69, 9.17) is 20.4 Å². The molecule has 2 heterocycles. The molecule has 9 nitrogen and oxygen atoms in total. The second-order valence-electron chi connectivity index (χ2n) is 5.48. The van der Waals surface area contributed by atoms with Crippen LogP contribution in [0.5, 0.6) is 0 Å². The first-order valence-corrected chi connectivity index (χ1v) is 9.58. The van der Waals surface area contributed by atoms with Gasteiger partial charge in [0.1, 0.15) is 10.7 Å². The first kappa shape index (κ1) is 19.5. The van der Waals surface area contributed by atoms with Crippen molar-refractivity contribution in [1.29, 1.82) is 0 Å². The topological polar surface area (TPSA) is 139 Å². The van der Waals surface area contributed by atoms with Crippen LogP contribution in [-0.2, 0) is 16.6 Å². The number of aromatic carboxylic acids is 1. The fourth-order valence-corrected chi connectivity index (χ4v) is 3.82. The molecular formula is C17H13ClN2O7S. The van der Waals surface area contributed by atoms with Crippen LogP contribution in [0.1, 0.15) is 26.7 Å². The molecule has 0 bridgehead atoms. The van der Waals surface area contributed by atoms with Gasteiger partial charge in [-0.2, -0.15) is 0 Å². The highest BCUT2D eigenvalue weighted by Gasteiger charge is 2.26. The van der Waals surface area contributed by atoms with Crippen LogP contribution < -0.4 is 10.0 Å². The monoisotopic (exact) mass is 424 g/mol. The minimum atomic E-state index is -4.45. The Bertz CT molecular complexity index is 1110. The highest BCUT2D eigenvalue weighted by Crippen LogP contribution is 2.29. The Morgan fingerprint density at radius 3 is 2.43 bits per heavy atom. The molecule has 11 heteroatoms. The lowest BCUT2D eigenvalue weighted by atomic mass is 10.1. The van der Waals surface area contributed by atoms with Crippen molar-refractivity contribution in [3.8, 4) is 0 Å². The number of halogens is 1. The second kappa shape index (κ2) is 7.79. The third-order valence-electron chi connectivity index (χ3n) is 3.60. The van der Waals surface area contributed by atoms with Crippen LogP contribution in [0.2, 0.25) is 5.02 Å². The molecule has 1 aromatic carbocycles. The molecule has 28 heavy (non-hydrogen) atoms. The van der Waals surface area contributed by atoms with Crippen molar-refractivity contribution >= 4 is 39.2 Å². The van der Waals surface area contributed by atoms with Gasteiger partial charge in [0.05, 0.1) is 35.3 Å². The van der Waals surface area contributed by atoms with E-state index in [0.29, 0.717) is 5.76 Å². The molecule has 0 aliphatic heterocycles. The maximum atomic E-state index is 12.5. The van der Waals surface area contributed by atoms with Gasteiger partial charge in [-0.1, -0.05) is 11.6 Å². The number of amides is 1. The van der Waals surface area contributed by atoms with Crippen LogP contribution >= 0.6 is 11.6 Å². The fourth-order valence-electron chi connectivity index (χ4n) is 2.31. The van der Waals surface area contributed by atoms with Crippen molar-refractivity contribution in [1.82, 2.24) is 4.72 Å². The van der Waals surface area contributed by atoms with Crippen LogP contribution in [-0.4, -0.2) is 25.4 Å². The Hall–Kier alpha value is -3.24. The molecule has 0 fully saturated rings. The van der Waals surface area contributed by atoms with Crippen LogP contribution in [0.3, 0.4) is 0 Å². The standard InChI is InChI=1S/C17H13ClN2O7S/c18-12-8-13(19-9-10-3-1-5-26-10)11(17(22)23)7-15(12)28(24,25)20-16(21)14-4-2-6-27-14/h1-8,19H,9H2,(H,20,21)(H,22,23). The molecule has 0 unspecified atom stereocenters. The zero-order valence-corrected chi connectivity index (χ0v) is 15.6. The normalized spacial score (nSPS) is 11.2. The van der Waals surface area contributed by atoms with Crippen LogP contribution in [0.15, 0.2) is 62.7 Å². The Morgan fingerprint density at radius 2 is 1.82 bits per heavy atom. The van der Waals surface area contributed by atoms with Crippen molar-refractivity contribution in [2.45, 2.75) is 11.4 Å². The molecule has 0 saturated heterocycles. The number of rotatable bonds is 7. The molecule has 0 atom stereocenters. The zero-order valence-electron chi connectivity index (χ0n) is 14.0. The molecule has 3 rings (SSSR count). The number of hydrogen-bond donors (Lipinski definition) is 3. The van der Waals surface area contributed by atoms with E-state index in [-0.39, 0.29) is 28.6 Å². The van der Waals surface area contributed by atoms with Gasteiger partial charge in [0.15, 0.2) is 5.76 Å². The van der Waals surface area contributed by atoms with E-state index < -0.39 is 26.8 Å². The second-order valence-corrected chi connectivity index (χ2v) is 7.54. The van der Waals surface area contributed by atoms with Gasteiger partial charge >= 0.3 is 11.9 Å². The van der Waals surface area contributed by atoms with Gasteiger partial charge in [-0.3, -0.25) is 4.79 Å². The Morgan fingerprint density at radius 1 is 1.11 bits per heavy atom. The molecule has 3 N–H and O–H groups in total. The molecule has 2 aromatic heterocycles. The van der Waals surface area contributed by atoms with Crippen LogP contribution in [0.25, 0.3) is 0 Å². The third-order valence-corrected chi connectivity index (χ3v) is 5.39. The summed E-state index contributed by atoms with van der Waals surface area (Å²) in [6.45, 7) is 0.158. The maximum absolute atomic E-state index is 12.5. The van der Waals surface area contributed by atoms with E-state index >= 15 is 0 Å². The predicted octanol–water partition coefficient (Wildman–Crippen LogP) is 2.96. The first-order chi connectivity index (χ1) is 13.3. The molecule has 0 aliphatic carbocycles. The number of carboxylic acids is 1. The molecular weight excluding hydrogens is 412 g/mol. The summed E-state index contributed by atoms with van der Waals surface area (Å²) in [5, 5.41) is 12.0. The summed E-state index contributed by atoms with van der Waals surface area (Å²) in [6, 6.07) is 8.05. The van der Waals surface area contributed by atoms with Crippen molar-refractivity contribution in [2.75, 3.05) is 5.32 Å². The van der Waals surface area contributed by atoms with Gasteiger partial charge in [0.2, 0.25) is 0 Å². The SMILES string of the molecule is O=C(NS(=O)(=O)c1cc(C(=O)O)c(NCc2ccco2)cc1Cl)c1ccco1. The highest BCUT2D eigenvalue weighted by atomic mass is 35.5. The molecule has 0 spiro atoms. The van der Waals surface area contributed by atoms with Gasteiger partial charge in [-0.15, -0.1) is 0 Å². The van der Waals surface area contributed by atoms with Crippen LogP contribution in [0.4, 0.5) is 5.69 Å². The van der Waals surface area contributed by atoms with Crippen LogP contribution in [0, 0.1) is 0 Å². The van der Waals surface area contributed by atoms with E-state index in [9.17, 15) is 23.1 Å². The predicted molar refractivity (Wildman–Crippen MR) is 97.8 cm³/mol. The lowest BCUT2D eigenvalue weighted by Gasteiger charge is -2.13. The van der Waals surface area contributed by atoms with Gasteiger partial charge < -0.3 is 19.3 Å². The first-order valence-electron chi connectivity index (χ1n) is 7.71. The third kappa shape index (κ3) is 4.18. The number of hydrogen-bond acceptors (Lipinski definition) is 7. The van der Waals surface area contributed by atoms with Gasteiger partial charge in [0, 0.05) is 0 Å². The number of carbonyl (C=O) groups excluding carboxylic acids is 1. The fraction of sp³-hybridized carbons (Fsp3) is 0.0588. The summed E-state index contributed by atoms with van der Waals surface area (Å²) in [6.07, 6.45) is 2.66. The quantitative estimate of drug-likeness (QED) is 0.526. The molecule has 146 valence electrons. The summed E-state index contributed by atoms with van der Waals surface area (Å²) >= 11 is 6.05. The molecule has 0 radical (unpaired) electrons. The van der Waals surface area contributed by atoms with E-state index in [0.717, 1.165) is 12.1 Å². The van der Waals surface area contributed by atoms with Crippen molar-refractivity contribution in [3.63, 3.8) is 0 Å². The van der Waals surface area contributed by atoms with E-state index in [1.807, 2.05) is 0 Å². The summed E-state index contributed by atoms with van der Waals surface area (Å²) in [5.41, 5.74) is -0.257. The highest BCUT2D eigenvalue weighted by molar-refractivity contribution is 7.90. The summed E-state index contributed by atoms with van der Waals surface area (Å²) < 4.78 is 36.8. The van der Waals surface area contributed by atoms with E-state index in [1.165, 1.54) is 24.7 Å². The Kier molecular flexibility index (Phi) is 5.43. The minimum Gasteiger partial charge on any atom is -0.478 e. The number of carbonyl (C=O) groups is 2. The summed E-state index contributed by atoms with van der Waals surface area (Å²) in [5.74, 6) is -2.09. The smallest absolute Gasteiger partial charge is 0.337 e. The maximum Gasteiger partial charge on any atom is 0.337 e. The Labute approximate surface area is 164 Å². The average Bonchev–Trinajstić information content (AvgIpc) is 3.32. The largest absolute Gasteiger partial charge is 0.478 e. The lowest BCUT2D eigenvalue weighted by Crippen LogP contribution is -2.30. The van der Waals surface area contributed by atoms with Gasteiger partial charge in [-0.25, -0.2) is 17.9 Å². The number of furan rings is 2. The number of nitrogens with one attached hydrogen (secondary N) is 2. The molecule has 0 aliphatic rings. The van der Waals surface area contributed by atoms with E-state index in [1.54, 1.807) is 16.9 Å². The molecule has 0 saturated carbocycles. The summed E-state index contributed by atoms with van der Waals surface area (Å²) in [7, 11) is -4.45. The lowest BCUT2D eigenvalue weighted by molar-refractivity contribution is 0.0697. The summed E-state index contributed by atoms with van der Waals surface area (Å²) in [4.78, 5) is 23.0. The Balaban J connectivity index is 1.91. The van der Waals surface area contributed by atoms with Crippen molar-refractivity contribution in [2.24, 2.45) is 0 Å². The minimum absolute atomic E-state index is 0.0882.